The van der Waals surface area contributed by atoms with Crippen molar-refractivity contribution in [3.05, 3.63) is 41.7 Å². The molecular weight excluding hydrogens is 405 g/mol. The number of rotatable bonds is 5. The highest BCUT2D eigenvalue weighted by Gasteiger charge is 2.50. The molecule has 8 nitrogen and oxygen atoms in total. The fourth-order valence-electron chi connectivity index (χ4n) is 3.06. The molecule has 1 atom stereocenters. The van der Waals surface area contributed by atoms with E-state index in [0.29, 0.717) is 12.4 Å². The van der Waals surface area contributed by atoms with Crippen molar-refractivity contribution in [2.24, 2.45) is 10.9 Å². The standard InChI is InChI=1S/C19H17F3N4O4/c1-3-30-13-8-9-23-16-15(13)17(28)26(18(29)25(16)2)10-14(27)24-12-6-4-11(5-7-12)19(20,21)22/h4-9,15H,3,10H2,1-2H3/p+1. The molecule has 0 aliphatic carbocycles. The van der Waals surface area contributed by atoms with Gasteiger partial charge in [0.1, 0.15) is 12.0 Å². The number of nitrogens with zero attached hydrogens (tertiary/aromatic N) is 3. The molecular formula is C19H18F3N4O4+. The van der Waals surface area contributed by atoms with E-state index < -0.39 is 42.0 Å². The van der Waals surface area contributed by atoms with Gasteiger partial charge in [-0.2, -0.15) is 22.6 Å². The third-order valence-electron chi connectivity index (χ3n) is 4.47. The molecule has 1 aromatic carbocycles. The normalized spacial score (nSPS) is 18.9. The van der Waals surface area contributed by atoms with Crippen molar-refractivity contribution in [1.82, 2.24) is 4.90 Å². The third kappa shape index (κ3) is 4.09. The zero-order valence-corrected chi connectivity index (χ0v) is 16.1. The minimum atomic E-state index is -4.50. The Labute approximate surface area is 169 Å². The van der Waals surface area contributed by atoms with Gasteiger partial charge in [-0.25, -0.2) is 4.79 Å². The summed E-state index contributed by atoms with van der Waals surface area (Å²) in [6.07, 6.45) is -1.57. The zero-order valence-electron chi connectivity index (χ0n) is 16.1. The SMILES string of the molecule is CCOC1=CC=NC2=[N+](C)C(=O)N(CC(=O)Nc3ccc(C(F)(F)F)cc3)C(=O)C12. The van der Waals surface area contributed by atoms with Crippen LogP contribution in [0, 0.1) is 5.92 Å². The lowest BCUT2D eigenvalue weighted by atomic mass is 9.99. The number of nitrogens with one attached hydrogen (secondary N) is 1. The number of fused-ring (bicyclic) bond motifs is 1. The molecule has 2 aliphatic heterocycles. The first-order chi connectivity index (χ1) is 14.1. The molecule has 11 heteroatoms. The summed E-state index contributed by atoms with van der Waals surface area (Å²) in [5.41, 5.74) is -0.762. The highest BCUT2D eigenvalue weighted by Crippen LogP contribution is 2.30. The number of anilines is 1. The number of dihydropyridines is 1. The van der Waals surface area contributed by atoms with Gasteiger partial charge in [-0.1, -0.05) is 0 Å². The first-order valence-corrected chi connectivity index (χ1v) is 8.93. The number of benzene rings is 1. The minimum absolute atomic E-state index is 0.0997. The van der Waals surface area contributed by atoms with Crippen LogP contribution in [0.3, 0.4) is 0 Å². The first kappa shape index (κ1) is 21.2. The number of aliphatic imine (C=N–C) groups is 1. The van der Waals surface area contributed by atoms with Crippen molar-refractivity contribution in [3.63, 3.8) is 0 Å². The van der Waals surface area contributed by atoms with Crippen LogP contribution in [0.25, 0.3) is 0 Å². The lowest BCUT2D eigenvalue weighted by molar-refractivity contribution is -0.408. The molecule has 2 heterocycles. The maximum Gasteiger partial charge on any atom is 0.446 e. The quantitative estimate of drug-likeness (QED) is 0.736. The predicted molar refractivity (Wildman–Crippen MR) is 100 cm³/mol. The molecule has 2 aliphatic rings. The summed E-state index contributed by atoms with van der Waals surface area (Å²) in [5, 5.41) is 2.38. The van der Waals surface area contributed by atoms with E-state index in [0.717, 1.165) is 33.7 Å². The number of hydrogen-bond donors (Lipinski definition) is 1. The number of carbonyl (C=O) groups excluding carboxylic acids is 3. The Morgan fingerprint density at radius 2 is 1.93 bits per heavy atom. The van der Waals surface area contributed by atoms with Crippen LogP contribution in [0.2, 0.25) is 0 Å². The molecule has 4 amide bonds. The summed E-state index contributed by atoms with van der Waals surface area (Å²) in [6.45, 7) is 1.42. The van der Waals surface area contributed by atoms with Gasteiger partial charge in [-0.05, 0) is 31.2 Å². The first-order valence-electron chi connectivity index (χ1n) is 8.93. The maximum absolute atomic E-state index is 12.9. The van der Waals surface area contributed by atoms with E-state index in [9.17, 15) is 27.6 Å². The fraction of sp³-hybridized carbons (Fsp3) is 0.316. The number of amides is 4. The number of urea groups is 1. The fourth-order valence-corrected chi connectivity index (χ4v) is 3.06. The Hall–Kier alpha value is -3.50. The lowest BCUT2D eigenvalue weighted by Gasteiger charge is -2.28. The van der Waals surface area contributed by atoms with Crippen LogP contribution in [0.5, 0.6) is 0 Å². The van der Waals surface area contributed by atoms with E-state index in [1.54, 1.807) is 6.92 Å². The lowest BCUT2D eigenvalue weighted by Crippen LogP contribution is -2.56. The van der Waals surface area contributed by atoms with Crippen molar-refractivity contribution in [2.45, 2.75) is 13.1 Å². The Kier molecular flexibility index (Phi) is 5.72. The van der Waals surface area contributed by atoms with Crippen LogP contribution in [0.15, 0.2) is 41.1 Å². The van der Waals surface area contributed by atoms with E-state index in [-0.39, 0.29) is 11.5 Å². The van der Waals surface area contributed by atoms with Gasteiger partial charge in [0.25, 0.3) is 11.7 Å². The number of amidine groups is 1. The second-order valence-electron chi connectivity index (χ2n) is 6.46. The maximum atomic E-state index is 12.9. The van der Waals surface area contributed by atoms with E-state index >= 15 is 0 Å². The Morgan fingerprint density at radius 1 is 1.27 bits per heavy atom. The van der Waals surface area contributed by atoms with Gasteiger partial charge in [0, 0.05) is 11.8 Å². The third-order valence-corrected chi connectivity index (χ3v) is 4.47. The Bertz CT molecular complexity index is 980. The molecule has 1 N–H and O–H groups in total. The Morgan fingerprint density at radius 3 is 2.53 bits per heavy atom. The molecule has 1 aromatic rings. The number of halogens is 3. The Balaban J connectivity index is 1.76. The largest absolute Gasteiger partial charge is 0.497 e. The van der Waals surface area contributed by atoms with Gasteiger partial charge in [-0.15, -0.1) is 4.99 Å². The molecule has 0 radical (unpaired) electrons. The van der Waals surface area contributed by atoms with Crippen LogP contribution in [-0.2, 0) is 20.5 Å². The monoisotopic (exact) mass is 423 g/mol. The average molecular weight is 423 g/mol. The van der Waals surface area contributed by atoms with Crippen molar-refractivity contribution >= 4 is 35.6 Å². The van der Waals surface area contributed by atoms with E-state index in [1.165, 1.54) is 19.3 Å². The van der Waals surface area contributed by atoms with Crippen LogP contribution >= 0.6 is 0 Å². The van der Waals surface area contributed by atoms with Crippen molar-refractivity contribution < 1.29 is 36.9 Å². The van der Waals surface area contributed by atoms with Crippen molar-refractivity contribution in [2.75, 3.05) is 25.5 Å². The molecule has 30 heavy (non-hydrogen) atoms. The van der Waals surface area contributed by atoms with Gasteiger partial charge in [0.05, 0.1) is 19.2 Å². The van der Waals surface area contributed by atoms with Gasteiger partial charge in [0.15, 0.2) is 12.5 Å². The van der Waals surface area contributed by atoms with Gasteiger partial charge in [-0.3, -0.25) is 9.59 Å². The van der Waals surface area contributed by atoms with E-state index in [1.807, 2.05) is 0 Å². The molecule has 0 spiro atoms. The highest BCUT2D eigenvalue weighted by molar-refractivity contribution is 6.16. The summed E-state index contributed by atoms with van der Waals surface area (Å²) in [6, 6.07) is 3.07. The minimum Gasteiger partial charge on any atom is -0.497 e. The number of carbonyl (C=O) groups is 3. The zero-order chi connectivity index (χ0) is 22.1. The van der Waals surface area contributed by atoms with Gasteiger partial charge < -0.3 is 10.1 Å². The van der Waals surface area contributed by atoms with Crippen LogP contribution in [0.4, 0.5) is 23.7 Å². The molecule has 0 saturated heterocycles. The topological polar surface area (TPSA) is 91.1 Å². The van der Waals surface area contributed by atoms with Crippen molar-refractivity contribution in [3.8, 4) is 0 Å². The molecule has 0 bridgehead atoms. The average Bonchev–Trinajstić information content (AvgIpc) is 2.69. The van der Waals surface area contributed by atoms with Gasteiger partial charge in [0.2, 0.25) is 0 Å². The van der Waals surface area contributed by atoms with E-state index in [4.69, 9.17) is 4.74 Å². The van der Waals surface area contributed by atoms with Gasteiger partial charge >= 0.3 is 18.1 Å². The second kappa shape index (κ2) is 8.09. The van der Waals surface area contributed by atoms with Crippen LogP contribution in [-0.4, -0.2) is 59.6 Å². The number of imide groups is 1. The predicted octanol–water partition coefficient (Wildman–Crippen LogP) is 2.27. The summed E-state index contributed by atoms with van der Waals surface area (Å²) in [4.78, 5) is 42.6. The molecule has 0 fully saturated rings. The van der Waals surface area contributed by atoms with Crippen LogP contribution in [0.1, 0.15) is 12.5 Å². The molecule has 158 valence electrons. The van der Waals surface area contributed by atoms with Crippen LogP contribution < -0.4 is 5.32 Å². The number of alkyl halides is 3. The number of ether oxygens (including phenoxy) is 1. The number of allylic oxidation sites excluding steroid dienone is 1. The smallest absolute Gasteiger partial charge is 0.446 e. The molecule has 0 saturated carbocycles. The molecule has 1 unspecified atom stereocenters. The molecule has 0 aromatic heterocycles. The van der Waals surface area contributed by atoms with Crippen molar-refractivity contribution in [1.29, 1.82) is 0 Å². The highest BCUT2D eigenvalue weighted by atomic mass is 19.4. The molecule has 3 rings (SSSR count). The summed E-state index contributed by atoms with van der Waals surface area (Å²) >= 11 is 0. The van der Waals surface area contributed by atoms with E-state index in [2.05, 4.69) is 10.3 Å². The summed E-state index contributed by atoms with van der Waals surface area (Å²) in [5.74, 6) is -1.88. The summed E-state index contributed by atoms with van der Waals surface area (Å²) < 4.78 is 44.5. The second-order valence-corrected chi connectivity index (χ2v) is 6.46. The number of hydrogen-bond acceptors (Lipinski definition) is 5. The summed E-state index contributed by atoms with van der Waals surface area (Å²) in [7, 11) is 1.42.